The molecule has 1 unspecified atom stereocenters. The van der Waals surface area contributed by atoms with Gasteiger partial charge in [-0.1, -0.05) is 39.3 Å². The Morgan fingerprint density at radius 3 is 2.43 bits per heavy atom. The summed E-state index contributed by atoms with van der Waals surface area (Å²) in [7, 11) is 0. The molecule has 2 nitrogen and oxygen atoms in total. The van der Waals surface area contributed by atoms with Crippen LogP contribution in [0, 0.1) is 40.4 Å². The molecule has 2 N–H and O–H groups in total. The number of fused-ring (bicyclic) bond motifs is 5. The SMILES string of the molecule is CC[C@]1(O)CC[C@@]2(C)C(=CC[C@H]3[C@@H]4CC[C@H]([C@H](C)C(O)C(F)(F)F)[C@@]4(C)CC[C@@H]32)C1. The van der Waals surface area contributed by atoms with Gasteiger partial charge in [-0.25, -0.2) is 0 Å². The molecular weight excluding hydrogens is 389 g/mol. The third kappa shape index (κ3) is 3.29. The van der Waals surface area contributed by atoms with Crippen molar-refractivity contribution in [1.29, 1.82) is 0 Å². The summed E-state index contributed by atoms with van der Waals surface area (Å²) < 4.78 is 39.7. The van der Waals surface area contributed by atoms with Crippen LogP contribution in [0.3, 0.4) is 0 Å². The summed E-state index contributed by atoms with van der Waals surface area (Å²) in [5.74, 6) is 0.695. The lowest BCUT2D eigenvalue weighted by atomic mass is 9.46. The molecule has 4 aliphatic carbocycles. The van der Waals surface area contributed by atoms with Gasteiger partial charge in [0, 0.05) is 0 Å². The number of hydrogen-bond acceptors (Lipinski definition) is 2. The van der Waals surface area contributed by atoms with Gasteiger partial charge in [-0.3, -0.25) is 0 Å². The van der Waals surface area contributed by atoms with Crippen molar-refractivity contribution < 1.29 is 23.4 Å². The fraction of sp³-hybridized carbons (Fsp3) is 0.920. The smallest absolute Gasteiger partial charge is 0.390 e. The zero-order valence-electron chi connectivity index (χ0n) is 18.9. The molecule has 4 rings (SSSR count). The van der Waals surface area contributed by atoms with Crippen molar-refractivity contribution >= 4 is 0 Å². The summed E-state index contributed by atoms with van der Waals surface area (Å²) in [6.07, 6.45) is 3.83. The zero-order valence-corrected chi connectivity index (χ0v) is 18.9. The molecule has 0 amide bonds. The number of aliphatic hydroxyl groups is 2. The van der Waals surface area contributed by atoms with E-state index < -0.39 is 23.8 Å². The number of rotatable bonds is 3. The van der Waals surface area contributed by atoms with Crippen LogP contribution in [0.5, 0.6) is 0 Å². The molecule has 0 saturated heterocycles. The van der Waals surface area contributed by atoms with Crippen LogP contribution in [0.4, 0.5) is 13.2 Å². The van der Waals surface area contributed by atoms with E-state index >= 15 is 0 Å². The van der Waals surface area contributed by atoms with Crippen LogP contribution >= 0.6 is 0 Å². The highest BCUT2D eigenvalue weighted by Gasteiger charge is 2.61. The predicted molar refractivity (Wildman–Crippen MR) is 112 cm³/mol. The quantitative estimate of drug-likeness (QED) is 0.521. The molecule has 3 saturated carbocycles. The Bertz CT molecular complexity index is 703. The van der Waals surface area contributed by atoms with Gasteiger partial charge in [-0.05, 0) is 98.2 Å². The zero-order chi connectivity index (χ0) is 22.1. The van der Waals surface area contributed by atoms with E-state index in [1.54, 1.807) is 6.92 Å². The lowest BCUT2D eigenvalue weighted by Crippen LogP contribution is -2.53. The Labute approximate surface area is 179 Å². The van der Waals surface area contributed by atoms with Crippen molar-refractivity contribution in [2.45, 2.75) is 103 Å². The minimum Gasteiger partial charge on any atom is -0.390 e. The van der Waals surface area contributed by atoms with Crippen LogP contribution in [0.15, 0.2) is 11.6 Å². The van der Waals surface area contributed by atoms with E-state index in [9.17, 15) is 23.4 Å². The topological polar surface area (TPSA) is 40.5 Å². The van der Waals surface area contributed by atoms with E-state index in [4.69, 9.17) is 0 Å². The van der Waals surface area contributed by atoms with Crippen molar-refractivity contribution in [1.82, 2.24) is 0 Å². The van der Waals surface area contributed by atoms with E-state index in [-0.39, 0.29) is 16.7 Å². The first-order chi connectivity index (χ1) is 13.9. The van der Waals surface area contributed by atoms with Gasteiger partial charge in [0.25, 0.3) is 0 Å². The maximum Gasteiger partial charge on any atom is 0.414 e. The van der Waals surface area contributed by atoms with Crippen LogP contribution in [-0.2, 0) is 0 Å². The van der Waals surface area contributed by atoms with Crippen molar-refractivity contribution in [3.8, 4) is 0 Å². The molecule has 5 heteroatoms. The van der Waals surface area contributed by atoms with Crippen molar-refractivity contribution in [2.24, 2.45) is 40.4 Å². The van der Waals surface area contributed by atoms with Crippen LogP contribution in [0.2, 0.25) is 0 Å². The maximum atomic E-state index is 13.2. The Hall–Kier alpha value is -0.550. The molecular formula is C25H39F3O2. The van der Waals surface area contributed by atoms with Gasteiger partial charge in [0.1, 0.15) is 0 Å². The van der Waals surface area contributed by atoms with Gasteiger partial charge >= 0.3 is 6.18 Å². The first-order valence-electron chi connectivity index (χ1n) is 12.0. The second-order valence-corrected chi connectivity index (χ2v) is 11.6. The van der Waals surface area contributed by atoms with E-state index in [1.807, 2.05) is 0 Å². The number of alkyl halides is 3. The Balaban J connectivity index is 1.58. The van der Waals surface area contributed by atoms with Crippen molar-refractivity contribution in [2.75, 3.05) is 0 Å². The normalized spacial score (nSPS) is 48.2. The monoisotopic (exact) mass is 428 g/mol. The fourth-order valence-electron chi connectivity index (χ4n) is 8.44. The maximum absolute atomic E-state index is 13.2. The summed E-state index contributed by atoms with van der Waals surface area (Å²) in [5, 5.41) is 20.8. The third-order valence-electron chi connectivity index (χ3n) is 10.5. The molecule has 0 heterocycles. The van der Waals surface area contributed by atoms with Gasteiger partial charge in [-0.2, -0.15) is 13.2 Å². The molecule has 30 heavy (non-hydrogen) atoms. The average molecular weight is 429 g/mol. The summed E-state index contributed by atoms with van der Waals surface area (Å²) in [6, 6.07) is 0. The largest absolute Gasteiger partial charge is 0.414 e. The minimum absolute atomic E-state index is 0.0743. The van der Waals surface area contributed by atoms with Crippen molar-refractivity contribution in [3.63, 3.8) is 0 Å². The molecule has 9 atom stereocenters. The van der Waals surface area contributed by atoms with Gasteiger partial charge in [-0.15, -0.1) is 0 Å². The number of aliphatic hydroxyl groups excluding tert-OH is 1. The summed E-state index contributed by atoms with van der Waals surface area (Å²) in [6.45, 7) is 8.27. The summed E-state index contributed by atoms with van der Waals surface area (Å²) in [5.41, 5.74) is 0.871. The average Bonchev–Trinajstić information content (AvgIpc) is 3.04. The summed E-state index contributed by atoms with van der Waals surface area (Å²) >= 11 is 0. The molecule has 172 valence electrons. The molecule has 4 aliphatic rings. The van der Waals surface area contributed by atoms with Gasteiger partial charge in [0.05, 0.1) is 5.60 Å². The highest BCUT2D eigenvalue weighted by molar-refractivity contribution is 5.27. The molecule has 3 fully saturated rings. The molecule has 0 aliphatic heterocycles. The Morgan fingerprint density at radius 2 is 1.80 bits per heavy atom. The third-order valence-corrected chi connectivity index (χ3v) is 10.5. The number of hydrogen-bond donors (Lipinski definition) is 2. The minimum atomic E-state index is -4.54. The van der Waals surface area contributed by atoms with Gasteiger partial charge in [0.2, 0.25) is 0 Å². The van der Waals surface area contributed by atoms with Crippen LogP contribution in [0.1, 0.15) is 85.5 Å². The van der Waals surface area contributed by atoms with Crippen molar-refractivity contribution in [3.05, 3.63) is 11.6 Å². The molecule has 0 radical (unpaired) electrons. The second kappa shape index (κ2) is 7.23. The van der Waals surface area contributed by atoms with E-state index in [0.29, 0.717) is 17.8 Å². The molecule has 0 aromatic carbocycles. The molecule has 0 bridgehead atoms. The van der Waals surface area contributed by atoms with E-state index in [2.05, 4.69) is 26.8 Å². The first-order valence-corrected chi connectivity index (χ1v) is 12.0. The lowest BCUT2D eigenvalue weighted by molar-refractivity contribution is -0.227. The van der Waals surface area contributed by atoms with Crippen LogP contribution in [0.25, 0.3) is 0 Å². The van der Waals surface area contributed by atoms with Gasteiger partial charge in [0.15, 0.2) is 6.10 Å². The fourth-order valence-corrected chi connectivity index (χ4v) is 8.44. The van der Waals surface area contributed by atoms with Gasteiger partial charge < -0.3 is 10.2 Å². The standard InChI is InChI=1S/C25H39F3O2/c1-5-24(30)13-12-22(3)16(14-24)6-7-17-19-9-8-18(15(2)21(29)25(26,27)28)23(19,4)11-10-20(17)22/h6,15,17-21,29-30H,5,7-14H2,1-4H3/t15-,17-,18+,19-,20-,21?,22-,23+,24-/m0/s1. The molecule has 0 aromatic rings. The first kappa shape index (κ1) is 22.6. The van der Waals surface area contributed by atoms with E-state index in [0.717, 1.165) is 57.8 Å². The Morgan fingerprint density at radius 1 is 1.10 bits per heavy atom. The van der Waals surface area contributed by atoms with E-state index in [1.165, 1.54) is 5.57 Å². The van der Waals surface area contributed by atoms with Crippen LogP contribution < -0.4 is 0 Å². The Kier molecular flexibility index (Phi) is 5.46. The predicted octanol–water partition coefficient (Wildman–Crippen LogP) is 6.27. The lowest BCUT2D eigenvalue weighted by Gasteiger charge is -2.59. The molecule has 0 spiro atoms. The number of halogens is 3. The highest BCUT2D eigenvalue weighted by Crippen LogP contribution is 2.68. The highest BCUT2D eigenvalue weighted by atomic mass is 19.4. The number of allylic oxidation sites excluding steroid dienone is 1. The second-order valence-electron chi connectivity index (χ2n) is 11.6. The molecule has 0 aromatic heterocycles. The van der Waals surface area contributed by atoms with Crippen LogP contribution in [-0.4, -0.2) is 28.1 Å². The summed E-state index contributed by atoms with van der Waals surface area (Å²) in [4.78, 5) is 0.